The second kappa shape index (κ2) is 5.28. The van der Waals surface area contributed by atoms with Crippen LogP contribution in [0, 0.1) is 0 Å². The number of aromatic amines is 1. The van der Waals surface area contributed by atoms with Gasteiger partial charge in [0.25, 0.3) is 0 Å². The van der Waals surface area contributed by atoms with Crippen LogP contribution in [-0.4, -0.2) is 44.0 Å². The number of ether oxygens (including phenoxy) is 1. The number of fused-ring (bicyclic) bond motifs is 1. The summed E-state index contributed by atoms with van der Waals surface area (Å²) < 4.78 is 36.9. The molecule has 0 saturated carbocycles. The molecule has 1 aromatic carbocycles. The van der Waals surface area contributed by atoms with E-state index in [1.165, 1.54) is 22.5 Å². The van der Waals surface area contributed by atoms with Crippen molar-refractivity contribution in [3.63, 3.8) is 0 Å². The highest BCUT2D eigenvalue weighted by molar-refractivity contribution is 7.89. The van der Waals surface area contributed by atoms with Gasteiger partial charge in [-0.25, -0.2) is 13.2 Å². The van der Waals surface area contributed by atoms with Crippen LogP contribution >= 0.6 is 0 Å². The Morgan fingerprint density at radius 1 is 1.48 bits per heavy atom. The first kappa shape index (κ1) is 14.3. The zero-order chi connectivity index (χ0) is 15.0. The third kappa shape index (κ3) is 2.50. The lowest BCUT2D eigenvalue weighted by Gasteiger charge is -2.23. The molecule has 1 fully saturated rings. The number of sulfonamides is 1. The summed E-state index contributed by atoms with van der Waals surface area (Å²) >= 11 is 0. The molecule has 0 radical (unpaired) electrons. The zero-order valence-corrected chi connectivity index (χ0v) is 12.4. The number of benzene rings is 1. The second-order valence-electron chi connectivity index (χ2n) is 5.04. The van der Waals surface area contributed by atoms with Gasteiger partial charge in [0.2, 0.25) is 10.0 Å². The Bertz CT molecular complexity index is 807. The van der Waals surface area contributed by atoms with Crippen molar-refractivity contribution in [1.82, 2.24) is 9.29 Å². The molecule has 7 nitrogen and oxygen atoms in total. The molecule has 0 aliphatic carbocycles. The number of oxazole rings is 1. The van der Waals surface area contributed by atoms with E-state index in [0.29, 0.717) is 18.7 Å². The van der Waals surface area contributed by atoms with Crippen molar-refractivity contribution in [1.29, 1.82) is 0 Å². The SMILES string of the molecule is COCC1CCCN1S(=O)(=O)c1ccc2[nH]c(=O)oc2c1. The number of methoxy groups -OCH3 is 1. The van der Waals surface area contributed by atoms with E-state index in [9.17, 15) is 13.2 Å². The van der Waals surface area contributed by atoms with Gasteiger partial charge in [-0.2, -0.15) is 4.31 Å². The molecule has 0 amide bonds. The normalized spacial score (nSPS) is 20.3. The predicted molar refractivity (Wildman–Crippen MR) is 75.6 cm³/mol. The number of hydrogen-bond acceptors (Lipinski definition) is 5. The monoisotopic (exact) mass is 312 g/mol. The second-order valence-corrected chi connectivity index (χ2v) is 6.93. The lowest BCUT2D eigenvalue weighted by Crippen LogP contribution is -2.38. The molecule has 2 heterocycles. The molecule has 3 rings (SSSR count). The minimum atomic E-state index is -3.61. The van der Waals surface area contributed by atoms with Crippen molar-refractivity contribution in [3.8, 4) is 0 Å². The van der Waals surface area contributed by atoms with Gasteiger partial charge in [0.1, 0.15) is 0 Å². The molecule has 1 unspecified atom stereocenters. The fraction of sp³-hybridized carbons (Fsp3) is 0.462. The third-order valence-electron chi connectivity index (χ3n) is 3.68. The highest BCUT2D eigenvalue weighted by atomic mass is 32.2. The smallest absolute Gasteiger partial charge is 0.408 e. The Morgan fingerprint density at radius 2 is 2.29 bits per heavy atom. The van der Waals surface area contributed by atoms with Gasteiger partial charge >= 0.3 is 5.76 Å². The molecule has 1 aliphatic rings. The van der Waals surface area contributed by atoms with Gasteiger partial charge in [0.15, 0.2) is 5.58 Å². The molecule has 21 heavy (non-hydrogen) atoms. The van der Waals surface area contributed by atoms with Crippen LogP contribution in [0.25, 0.3) is 11.1 Å². The fourth-order valence-electron chi connectivity index (χ4n) is 2.71. The number of nitrogens with one attached hydrogen (secondary N) is 1. The van der Waals surface area contributed by atoms with Crippen molar-refractivity contribution < 1.29 is 17.6 Å². The number of aromatic nitrogens is 1. The molecule has 1 aromatic heterocycles. The van der Waals surface area contributed by atoms with Gasteiger partial charge in [0.05, 0.1) is 17.0 Å². The van der Waals surface area contributed by atoms with E-state index in [-0.39, 0.29) is 16.5 Å². The first-order valence-electron chi connectivity index (χ1n) is 6.66. The van der Waals surface area contributed by atoms with Gasteiger partial charge in [0, 0.05) is 25.8 Å². The Kier molecular flexibility index (Phi) is 3.60. The molecule has 1 saturated heterocycles. The van der Waals surface area contributed by atoms with Crippen LogP contribution in [0.1, 0.15) is 12.8 Å². The summed E-state index contributed by atoms with van der Waals surface area (Å²) in [5, 5.41) is 0. The van der Waals surface area contributed by atoms with E-state index in [1.54, 1.807) is 7.11 Å². The minimum Gasteiger partial charge on any atom is -0.408 e. The van der Waals surface area contributed by atoms with E-state index in [4.69, 9.17) is 9.15 Å². The van der Waals surface area contributed by atoms with Crippen molar-refractivity contribution in [2.75, 3.05) is 20.3 Å². The third-order valence-corrected chi connectivity index (χ3v) is 5.63. The van der Waals surface area contributed by atoms with Gasteiger partial charge in [-0.15, -0.1) is 0 Å². The van der Waals surface area contributed by atoms with E-state index in [2.05, 4.69) is 4.98 Å². The molecule has 8 heteroatoms. The molecule has 0 spiro atoms. The van der Waals surface area contributed by atoms with Crippen LogP contribution in [0.15, 0.2) is 32.3 Å². The van der Waals surface area contributed by atoms with E-state index in [1.807, 2.05) is 0 Å². The number of hydrogen-bond donors (Lipinski definition) is 1. The lowest BCUT2D eigenvalue weighted by atomic mass is 10.2. The van der Waals surface area contributed by atoms with Crippen LogP contribution in [0.4, 0.5) is 0 Å². The first-order chi connectivity index (χ1) is 10.0. The van der Waals surface area contributed by atoms with E-state index >= 15 is 0 Å². The Labute approximate surface area is 121 Å². The van der Waals surface area contributed by atoms with Crippen LogP contribution in [-0.2, 0) is 14.8 Å². The van der Waals surface area contributed by atoms with Gasteiger partial charge in [-0.3, -0.25) is 4.98 Å². The first-order valence-corrected chi connectivity index (χ1v) is 8.10. The summed E-state index contributed by atoms with van der Waals surface area (Å²) in [6, 6.07) is 4.25. The zero-order valence-electron chi connectivity index (χ0n) is 11.5. The highest BCUT2D eigenvalue weighted by Gasteiger charge is 2.35. The molecule has 2 aromatic rings. The van der Waals surface area contributed by atoms with Gasteiger partial charge in [-0.05, 0) is 25.0 Å². The lowest BCUT2D eigenvalue weighted by molar-refractivity contribution is 0.149. The molecule has 1 atom stereocenters. The quantitative estimate of drug-likeness (QED) is 0.906. The minimum absolute atomic E-state index is 0.126. The van der Waals surface area contributed by atoms with Crippen LogP contribution in [0.2, 0.25) is 0 Å². The molecule has 1 N–H and O–H groups in total. The predicted octanol–water partition coefficient (Wildman–Crippen LogP) is 0.921. The summed E-state index contributed by atoms with van der Waals surface area (Å²) in [6.07, 6.45) is 1.60. The molecule has 114 valence electrons. The maximum atomic E-state index is 12.7. The summed E-state index contributed by atoms with van der Waals surface area (Å²) in [4.78, 5) is 13.8. The van der Waals surface area contributed by atoms with Crippen LogP contribution < -0.4 is 5.76 Å². The Balaban J connectivity index is 2.01. The highest BCUT2D eigenvalue weighted by Crippen LogP contribution is 2.27. The number of rotatable bonds is 4. The summed E-state index contributed by atoms with van der Waals surface area (Å²) in [7, 11) is -2.06. The topological polar surface area (TPSA) is 92.6 Å². The van der Waals surface area contributed by atoms with Gasteiger partial charge in [-0.1, -0.05) is 0 Å². The Hall–Kier alpha value is -1.64. The molecular formula is C13H16N2O5S. The average Bonchev–Trinajstić information content (AvgIpc) is 3.03. The van der Waals surface area contributed by atoms with E-state index < -0.39 is 15.8 Å². The maximum absolute atomic E-state index is 12.7. The van der Waals surface area contributed by atoms with Crippen molar-refractivity contribution in [3.05, 3.63) is 28.7 Å². The average molecular weight is 312 g/mol. The number of H-pyrrole nitrogens is 1. The summed E-state index contributed by atoms with van der Waals surface area (Å²) in [5.74, 6) is -0.599. The van der Waals surface area contributed by atoms with E-state index in [0.717, 1.165) is 12.8 Å². The molecular weight excluding hydrogens is 296 g/mol. The van der Waals surface area contributed by atoms with Crippen LogP contribution in [0.3, 0.4) is 0 Å². The van der Waals surface area contributed by atoms with Gasteiger partial charge < -0.3 is 9.15 Å². The van der Waals surface area contributed by atoms with Crippen LogP contribution in [0.5, 0.6) is 0 Å². The van der Waals surface area contributed by atoms with Crippen molar-refractivity contribution >= 4 is 21.1 Å². The van der Waals surface area contributed by atoms with Crippen molar-refractivity contribution in [2.45, 2.75) is 23.8 Å². The summed E-state index contributed by atoms with van der Waals surface area (Å²) in [6.45, 7) is 0.853. The maximum Gasteiger partial charge on any atom is 0.417 e. The largest absolute Gasteiger partial charge is 0.417 e. The fourth-order valence-corrected chi connectivity index (χ4v) is 4.40. The van der Waals surface area contributed by atoms with Crippen molar-refractivity contribution in [2.24, 2.45) is 0 Å². The Morgan fingerprint density at radius 3 is 3.05 bits per heavy atom. The molecule has 1 aliphatic heterocycles. The summed E-state index contributed by atoms with van der Waals surface area (Å²) in [5.41, 5.74) is 0.720. The number of nitrogens with zero attached hydrogens (tertiary/aromatic N) is 1. The standard InChI is InChI=1S/C13H16N2O5S/c1-19-8-9-3-2-6-15(9)21(17,18)10-4-5-11-12(7-10)20-13(16)14-11/h4-5,7,9H,2-3,6,8H2,1H3,(H,14,16). The molecule has 0 bridgehead atoms.